The number of nitrogens with two attached hydrogens (primary N) is 1. The SMILES string of the molecule is Cc1nn(C)c(C)c1/C=C/C(C)N. The van der Waals surface area contributed by atoms with Gasteiger partial charge in [0.2, 0.25) is 0 Å². The van der Waals surface area contributed by atoms with Gasteiger partial charge in [0.05, 0.1) is 5.69 Å². The Labute approximate surface area is 79.2 Å². The summed E-state index contributed by atoms with van der Waals surface area (Å²) in [7, 11) is 1.95. The minimum absolute atomic E-state index is 0.0963. The van der Waals surface area contributed by atoms with Crippen LogP contribution in [0.4, 0.5) is 0 Å². The second-order valence-corrected chi connectivity index (χ2v) is 3.43. The molecule has 0 bridgehead atoms. The lowest BCUT2D eigenvalue weighted by molar-refractivity contribution is 0.731. The number of hydrogen-bond donors (Lipinski definition) is 1. The van der Waals surface area contributed by atoms with Gasteiger partial charge in [-0.15, -0.1) is 0 Å². The van der Waals surface area contributed by atoms with Gasteiger partial charge in [-0.3, -0.25) is 4.68 Å². The van der Waals surface area contributed by atoms with Crippen LogP contribution in [0.3, 0.4) is 0 Å². The fourth-order valence-corrected chi connectivity index (χ4v) is 1.28. The molecule has 2 N–H and O–H groups in total. The van der Waals surface area contributed by atoms with Gasteiger partial charge in [-0.25, -0.2) is 0 Å². The Bertz CT molecular complexity index is 321. The Morgan fingerprint density at radius 3 is 2.46 bits per heavy atom. The van der Waals surface area contributed by atoms with Crippen LogP contribution in [0.2, 0.25) is 0 Å². The van der Waals surface area contributed by atoms with E-state index in [0.29, 0.717) is 0 Å². The van der Waals surface area contributed by atoms with Crippen molar-refractivity contribution in [2.24, 2.45) is 12.8 Å². The first-order chi connectivity index (χ1) is 6.02. The smallest absolute Gasteiger partial charge is 0.0668 e. The van der Waals surface area contributed by atoms with Crippen LogP contribution in [-0.4, -0.2) is 15.8 Å². The molecule has 0 aliphatic carbocycles. The molecule has 3 nitrogen and oxygen atoms in total. The van der Waals surface area contributed by atoms with E-state index in [-0.39, 0.29) is 6.04 Å². The van der Waals surface area contributed by atoms with E-state index in [9.17, 15) is 0 Å². The average molecular weight is 179 g/mol. The molecule has 1 heterocycles. The van der Waals surface area contributed by atoms with Crippen molar-refractivity contribution >= 4 is 6.08 Å². The molecule has 1 rings (SSSR count). The molecule has 1 aromatic heterocycles. The molecule has 1 aromatic rings. The van der Waals surface area contributed by atoms with Crippen molar-refractivity contribution in [1.29, 1.82) is 0 Å². The predicted molar refractivity (Wildman–Crippen MR) is 55.4 cm³/mol. The second kappa shape index (κ2) is 3.75. The maximum atomic E-state index is 5.63. The summed E-state index contributed by atoms with van der Waals surface area (Å²) in [5.74, 6) is 0. The lowest BCUT2D eigenvalue weighted by Gasteiger charge is -1.96. The van der Waals surface area contributed by atoms with Crippen LogP contribution in [-0.2, 0) is 7.05 Å². The molecular formula is C10H17N3. The molecule has 0 fully saturated rings. The van der Waals surface area contributed by atoms with E-state index in [1.54, 1.807) is 0 Å². The summed E-state index contributed by atoms with van der Waals surface area (Å²) < 4.78 is 1.89. The van der Waals surface area contributed by atoms with Crippen LogP contribution < -0.4 is 5.73 Å². The Balaban J connectivity index is 3.00. The molecule has 0 aliphatic rings. The first-order valence-corrected chi connectivity index (χ1v) is 4.46. The van der Waals surface area contributed by atoms with Gasteiger partial charge in [-0.1, -0.05) is 12.2 Å². The molecule has 0 saturated heterocycles. The van der Waals surface area contributed by atoms with Crippen molar-refractivity contribution in [3.8, 4) is 0 Å². The van der Waals surface area contributed by atoms with Gasteiger partial charge in [-0.05, 0) is 20.8 Å². The summed E-state index contributed by atoms with van der Waals surface area (Å²) >= 11 is 0. The number of hydrogen-bond acceptors (Lipinski definition) is 2. The Morgan fingerprint density at radius 1 is 1.46 bits per heavy atom. The third-order valence-corrected chi connectivity index (χ3v) is 2.13. The molecule has 0 aromatic carbocycles. The average Bonchev–Trinajstić information content (AvgIpc) is 2.24. The number of aryl methyl sites for hydroxylation is 2. The lowest BCUT2D eigenvalue weighted by atomic mass is 10.1. The summed E-state index contributed by atoms with van der Waals surface area (Å²) in [4.78, 5) is 0. The Morgan fingerprint density at radius 2 is 2.08 bits per heavy atom. The van der Waals surface area contributed by atoms with Crippen LogP contribution in [0.1, 0.15) is 23.9 Å². The zero-order valence-corrected chi connectivity index (χ0v) is 8.70. The van der Waals surface area contributed by atoms with Crippen molar-refractivity contribution in [3.63, 3.8) is 0 Å². The fourth-order valence-electron chi connectivity index (χ4n) is 1.28. The molecule has 0 saturated carbocycles. The molecule has 3 heteroatoms. The third-order valence-electron chi connectivity index (χ3n) is 2.13. The predicted octanol–water partition coefficient (Wildman–Crippen LogP) is 1.40. The lowest BCUT2D eigenvalue weighted by Crippen LogP contribution is -2.09. The minimum Gasteiger partial charge on any atom is -0.325 e. The molecular weight excluding hydrogens is 162 g/mol. The number of rotatable bonds is 2. The summed E-state index contributed by atoms with van der Waals surface area (Å²) in [6, 6.07) is 0.0963. The highest BCUT2D eigenvalue weighted by molar-refractivity contribution is 5.54. The van der Waals surface area contributed by atoms with Crippen LogP contribution in [0.25, 0.3) is 6.08 Å². The van der Waals surface area contributed by atoms with E-state index in [2.05, 4.69) is 12.0 Å². The van der Waals surface area contributed by atoms with Gasteiger partial charge in [-0.2, -0.15) is 5.10 Å². The standard InChI is InChI=1S/C10H17N3/c1-7(11)5-6-10-8(2)12-13(4)9(10)3/h5-7H,11H2,1-4H3/b6-5+. The van der Waals surface area contributed by atoms with Crippen molar-refractivity contribution in [1.82, 2.24) is 9.78 Å². The monoisotopic (exact) mass is 179 g/mol. The molecule has 0 spiro atoms. The Hall–Kier alpha value is -1.09. The van der Waals surface area contributed by atoms with Gasteiger partial charge in [0.25, 0.3) is 0 Å². The summed E-state index contributed by atoms with van der Waals surface area (Å²) in [5, 5.41) is 4.31. The molecule has 0 radical (unpaired) electrons. The summed E-state index contributed by atoms with van der Waals surface area (Å²) in [5.41, 5.74) is 9.04. The summed E-state index contributed by atoms with van der Waals surface area (Å²) in [6.07, 6.45) is 4.03. The van der Waals surface area contributed by atoms with E-state index < -0.39 is 0 Å². The highest BCUT2D eigenvalue weighted by Crippen LogP contribution is 2.13. The zero-order valence-electron chi connectivity index (χ0n) is 8.70. The third kappa shape index (κ3) is 2.18. The molecule has 1 unspecified atom stereocenters. The van der Waals surface area contributed by atoms with Crippen molar-refractivity contribution < 1.29 is 0 Å². The largest absolute Gasteiger partial charge is 0.325 e. The van der Waals surface area contributed by atoms with Crippen LogP contribution in [0.15, 0.2) is 6.08 Å². The van der Waals surface area contributed by atoms with Gasteiger partial charge >= 0.3 is 0 Å². The van der Waals surface area contributed by atoms with E-state index in [4.69, 9.17) is 5.73 Å². The van der Waals surface area contributed by atoms with E-state index in [0.717, 1.165) is 5.69 Å². The molecule has 0 aliphatic heterocycles. The maximum Gasteiger partial charge on any atom is 0.0668 e. The first kappa shape index (κ1) is 9.99. The topological polar surface area (TPSA) is 43.8 Å². The van der Waals surface area contributed by atoms with Gasteiger partial charge in [0, 0.05) is 24.3 Å². The van der Waals surface area contributed by atoms with Crippen LogP contribution >= 0.6 is 0 Å². The van der Waals surface area contributed by atoms with Gasteiger partial charge in [0.1, 0.15) is 0 Å². The van der Waals surface area contributed by atoms with Crippen molar-refractivity contribution in [2.45, 2.75) is 26.8 Å². The van der Waals surface area contributed by atoms with Crippen molar-refractivity contribution in [2.75, 3.05) is 0 Å². The van der Waals surface area contributed by atoms with E-state index in [1.165, 1.54) is 11.3 Å². The fraction of sp³-hybridized carbons (Fsp3) is 0.500. The zero-order chi connectivity index (χ0) is 10.0. The normalized spacial score (nSPS) is 13.9. The highest BCUT2D eigenvalue weighted by atomic mass is 15.3. The van der Waals surface area contributed by atoms with E-state index in [1.807, 2.05) is 37.7 Å². The number of nitrogens with zero attached hydrogens (tertiary/aromatic N) is 2. The van der Waals surface area contributed by atoms with Gasteiger partial charge in [0.15, 0.2) is 0 Å². The first-order valence-electron chi connectivity index (χ1n) is 4.46. The second-order valence-electron chi connectivity index (χ2n) is 3.43. The minimum atomic E-state index is 0.0963. The molecule has 72 valence electrons. The summed E-state index contributed by atoms with van der Waals surface area (Å²) in [6.45, 7) is 6.02. The van der Waals surface area contributed by atoms with Gasteiger partial charge < -0.3 is 5.73 Å². The van der Waals surface area contributed by atoms with E-state index >= 15 is 0 Å². The molecule has 13 heavy (non-hydrogen) atoms. The van der Waals surface area contributed by atoms with Crippen LogP contribution in [0, 0.1) is 13.8 Å². The molecule has 0 amide bonds. The van der Waals surface area contributed by atoms with Crippen molar-refractivity contribution in [3.05, 3.63) is 23.0 Å². The van der Waals surface area contributed by atoms with Crippen LogP contribution in [0.5, 0.6) is 0 Å². The molecule has 1 atom stereocenters. The quantitative estimate of drug-likeness (QED) is 0.745. The highest BCUT2D eigenvalue weighted by Gasteiger charge is 2.05. The number of aromatic nitrogens is 2. The Kier molecular flexibility index (Phi) is 2.88. The maximum absolute atomic E-state index is 5.63.